The number of amides is 1. The summed E-state index contributed by atoms with van der Waals surface area (Å²) in [6, 6.07) is 0. The molecule has 1 saturated heterocycles. The van der Waals surface area contributed by atoms with Crippen LogP contribution in [0.2, 0.25) is 0 Å². The van der Waals surface area contributed by atoms with Gasteiger partial charge >= 0.3 is 5.97 Å². The van der Waals surface area contributed by atoms with Gasteiger partial charge in [0.15, 0.2) is 5.60 Å². The van der Waals surface area contributed by atoms with Crippen LogP contribution in [0.25, 0.3) is 0 Å². The Labute approximate surface area is 94.0 Å². The normalized spacial score (nSPS) is 28.4. The van der Waals surface area contributed by atoms with Gasteiger partial charge in [-0.2, -0.15) is 0 Å². The maximum absolute atomic E-state index is 11.8. The third-order valence-electron chi connectivity index (χ3n) is 2.97. The maximum atomic E-state index is 11.8. The van der Waals surface area contributed by atoms with E-state index in [0.29, 0.717) is 13.0 Å². The number of aliphatic hydroxyl groups is 1. The summed E-state index contributed by atoms with van der Waals surface area (Å²) >= 11 is 0. The minimum absolute atomic E-state index is 0.223. The first kappa shape index (κ1) is 12.9. The molecule has 1 rings (SSSR count). The lowest BCUT2D eigenvalue weighted by molar-refractivity contribution is -0.156. The summed E-state index contributed by atoms with van der Waals surface area (Å²) in [6.45, 7) is 4.05. The second-order valence-electron chi connectivity index (χ2n) is 4.75. The van der Waals surface area contributed by atoms with Crippen molar-refractivity contribution < 1.29 is 19.8 Å². The van der Waals surface area contributed by atoms with Crippen LogP contribution in [0.3, 0.4) is 0 Å². The number of hydrogen-bond donors (Lipinski definition) is 4. The van der Waals surface area contributed by atoms with E-state index in [0.717, 1.165) is 13.5 Å². The summed E-state index contributed by atoms with van der Waals surface area (Å²) < 4.78 is 0. The van der Waals surface area contributed by atoms with Crippen LogP contribution in [-0.4, -0.2) is 47.3 Å². The lowest BCUT2D eigenvalue weighted by Crippen LogP contribution is -2.50. The molecule has 0 aromatic carbocycles. The van der Waals surface area contributed by atoms with Gasteiger partial charge in [-0.1, -0.05) is 0 Å². The molecular formula is C10H18N2O4. The Morgan fingerprint density at radius 2 is 2.19 bits per heavy atom. The Morgan fingerprint density at radius 3 is 2.62 bits per heavy atom. The molecule has 0 spiro atoms. The van der Waals surface area contributed by atoms with E-state index in [1.54, 1.807) is 0 Å². The Balaban J connectivity index is 2.50. The maximum Gasteiger partial charge on any atom is 0.337 e. The monoisotopic (exact) mass is 230 g/mol. The van der Waals surface area contributed by atoms with Crippen molar-refractivity contribution in [3.05, 3.63) is 0 Å². The van der Waals surface area contributed by atoms with Crippen LogP contribution in [0.5, 0.6) is 0 Å². The van der Waals surface area contributed by atoms with Crippen LogP contribution >= 0.6 is 0 Å². The first-order chi connectivity index (χ1) is 7.28. The molecule has 16 heavy (non-hydrogen) atoms. The standard InChI is InChI=1S/C10H18N2O4/c1-9(3-4-11-5-9)7(13)12-6-10(2,16)8(14)15/h11,16H,3-6H2,1-2H3,(H,12,13)(H,14,15). The van der Waals surface area contributed by atoms with E-state index < -0.39 is 17.0 Å². The highest BCUT2D eigenvalue weighted by Crippen LogP contribution is 2.24. The minimum Gasteiger partial charge on any atom is -0.479 e. The predicted molar refractivity (Wildman–Crippen MR) is 56.9 cm³/mol. The molecule has 0 aromatic heterocycles. The molecule has 1 aliphatic heterocycles. The van der Waals surface area contributed by atoms with Crippen LogP contribution in [-0.2, 0) is 9.59 Å². The molecule has 6 heteroatoms. The van der Waals surface area contributed by atoms with Crippen molar-refractivity contribution in [3.8, 4) is 0 Å². The van der Waals surface area contributed by atoms with Crippen LogP contribution in [0.15, 0.2) is 0 Å². The second-order valence-corrected chi connectivity index (χ2v) is 4.75. The van der Waals surface area contributed by atoms with E-state index >= 15 is 0 Å². The molecule has 1 aliphatic rings. The third-order valence-corrected chi connectivity index (χ3v) is 2.97. The molecule has 2 unspecified atom stereocenters. The summed E-state index contributed by atoms with van der Waals surface area (Å²) in [5, 5.41) is 23.7. The van der Waals surface area contributed by atoms with Crippen LogP contribution in [0, 0.1) is 5.41 Å². The summed E-state index contributed by atoms with van der Waals surface area (Å²) in [4.78, 5) is 22.4. The fraction of sp³-hybridized carbons (Fsp3) is 0.800. The van der Waals surface area contributed by atoms with Gasteiger partial charge in [0, 0.05) is 6.54 Å². The van der Waals surface area contributed by atoms with Gasteiger partial charge < -0.3 is 20.8 Å². The van der Waals surface area contributed by atoms with Crippen LogP contribution in [0.1, 0.15) is 20.3 Å². The van der Waals surface area contributed by atoms with E-state index in [4.69, 9.17) is 5.11 Å². The molecule has 0 bridgehead atoms. The smallest absolute Gasteiger partial charge is 0.337 e. The van der Waals surface area contributed by atoms with Crippen molar-refractivity contribution >= 4 is 11.9 Å². The number of hydrogen-bond acceptors (Lipinski definition) is 4. The first-order valence-corrected chi connectivity index (χ1v) is 5.23. The summed E-state index contributed by atoms with van der Waals surface area (Å²) in [6.07, 6.45) is 0.716. The number of carbonyl (C=O) groups excluding carboxylic acids is 1. The Morgan fingerprint density at radius 1 is 1.56 bits per heavy atom. The Hall–Kier alpha value is -1.14. The topological polar surface area (TPSA) is 98.7 Å². The van der Waals surface area contributed by atoms with Gasteiger partial charge in [0.05, 0.1) is 12.0 Å². The zero-order chi connectivity index (χ0) is 12.4. The van der Waals surface area contributed by atoms with Gasteiger partial charge in [-0.05, 0) is 26.8 Å². The van der Waals surface area contributed by atoms with E-state index in [9.17, 15) is 14.7 Å². The average molecular weight is 230 g/mol. The number of nitrogens with one attached hydrogen (secondary N) is 2. The van der Waals surface area contributed by atoms with Gasteiger partial charge in [0.2, 0.25) is 5.91 Å². The van der Waals surface area contributed by atoms with Gasteiger partial charge in [0.1, 0.15) is 0 Å². The van der Waals surface area contributed by atoms with E-state index in [-0.39, 0.29) is 12.5 Å². The number of rotatable bonds is 4. The van der Waals surface area contributed by atoms with Gasteiger partial charge in [-0.3, -0.25) is 4.79 Å². The first-order valence-electron chi connectivity index (χ1n) is 5.23. The summed E-state index contributed by atoms with van der Waals surface area (Å²) in [5.74, 6) is -1.57. The van der Waals surface area contributed by atoms with Crippen molar-refractivity contribution in [2.45, 2.75) is 25.9 Å². The molecule has 0 saturated carbocycles. The van der Waals surface area contributed by atoms with Crippen LogP contribution < -0.4 is 10.6 Å². The lowest BCUT2D eigenvalue weighted by Gasteiger charge is -2.24. The summed E-state index contributed by atoms with van der Waals surface area (Å²) in [5.41, 5.74) is -2.42. The fourth-order valence-electron chi connectivity index (χ4n) is 1.55. The van der Waals surface area contributed by atoms with Gasteiger partial charge in [-0.15, -0.1) is 0 Å². The second kappa shape index (κ2) is 4.39. The van der Waals surface area contributed by atoms with Crippen molar-refractivity contribution in [2.75, 3.05) is 19.6 Å². The molecule has 0 aliphatic carbocycles. The zero-order valence-electron chi connectivity index (χ0n) is 9.54. The van der Waals surface area contributed by atoms with Gasteiger partial charge in [0.25, 0.3) is 0 Å². The molecule has 0 aromatic rings. The van der Waals surface area contributed by atoms with Crippen molar-refractivity contribution in [3.63, 3.8) is 0 Å². The number of carboxylic acids is 1. The molecule has 1 fully saturated rings. The number of aliphatic carboxylic acids is 1. The molecule has 4 N–H and O–H groups in total. The van der Waals surface area contributed by atoms with Crippen molar-refractivity contribution in [2.24, 2.45) is 5.41 Å². The number of carbonyl (C=O) groups is 2. The lowest BCUT2D eigenvalue weighted by atomic mass is 9.88. The fourth-order valence-corrected chi connectivity index (χ4v) is 1.55. The molecule has 1 amide bonds. The largest absolute Gasteiger partial charge is 0.479 e. The van der Waals surface area contributed by atoms with Crippen LogP contribution in [0.4, 0.5) is 0 Å². The van der Waals surface area contributed by atoms with Crippen molar-refractivity contribution in [1.29, 1.82) is 0 Å². The average Bonchev–Trinajstić information content (AvgIpc) is 2.62. The van der Waals surface area contributed by atoms with E-state index in [2.05, 4.69) is 10.6 Å². The third kappa shape index (κ3) is 2.70. The summed E-state index contributed by atoms with van der Waals surface area (Å²) in [7, 11) is 0. The Kier molecular flexibility index (Phi) is 3.54. The predicted octanol–water partition coefficient (Wildman–Crippen LogP) is -1.06. The minimum atomic E-state index is -1.92. The molecule has 6 nitrogen and oxygen atoms in total. The highest BCUT2D eigenvalue weighted by atomic mass is 16.4. The quantitative estimate of drug-likeness (QED) is 0.493. The van der Waals surface area contributed by atoms with E-state index in [1.807, 2.05) is 6.92 Å². The number of carboxylic acid groups (broad SMARTS) is 1. The van der Waals surface area contributed by atoms with Gasteiger partial charge in [-0.25, -0.2) is 4.79 Å². The highest BCUT2D eigenvalue weighted by Gasteiger charge is 2.38. The molecule has 1 heterocycles. The molecule has 92 valence electrons. The Bertz CT molecular complexity index is 295. The molecular weight excluding hydrogens is 212 g/mol. The molecule has 2 atom stereocenters. The molecule has 0 radical (unpaired) electrons. The van der Waals surface area contributed by atoms with Crippen molar-refractivity contribution in [1.82, 2.24) is 10.6 Å². The SMILES string of the molecule is CC(O)(CNC(=O)C1(C)CCNC1)C(=O)O. The van der Waals surface area contributed by atoms with E-state index in [1.165, 1.54) is 0 Å². The zero-order valence-corrected chi connectivity index (χ0v) is 9.54. The highest BCUT2D eigenvalue weighted by molar-refractivity contribution is 5.84.